The largest absolute Gasteiger partial charge is 0.455 e. The fourth-order valence-corrected chi connectivity index (χ4v) is 18.4. The molecule has 13 N–H and O–H groups in total. The number of anilines is 6. The minimum absolute atomic E-state index is 0.565. The molecule has 10 nitrogen and oxygen atoms in total. The molecule has 6 aromatic rings. The molecule has 0 aliphatic heterocycles. The van der Waals surface area contributed by atoms with E-state index in [0.717, 1.165) is 81.8 Å². The van der Waals surface area contributed by atoms with Crippen LogP contribution in [0, 0.1) is 59.2 Å². The van der Waals surface area contributed by atoms with Gasteiger partial charge in [0.05, 0.1) is 11.4 Å². The molecule has 1 unspecified atom stereocenters. The number of rotatable bonds is 23. The Labute approximate surface area is 579 Å². The molecule has 0 aromatic heterocycles. The summed E-state index contributed by atoms with van der Waals surface area (Å²) in [5.41, 5.74) is 44.9. The van der Waals surface area contributed by atoms with Crippen molar-refractivity contribution in [1.29, 1.82) is 0 Å². The summed E-state index contributed by atoms with van der Waals surface area (Å²) < 4.78 is 11.9. The molecule has 0 bridgehead atoms. The van der Waals surface area contributed by atoms with Crippen molar-refractivity contribution in [3.8, 4) is 23.0 Å². The summed E-state index contributed by atoms with van der Waals surface area (Å²) in [6.07, 6.45) is 47.8. The molecule has 96 heavy (non-hydrogen) atoms. The fourth-order valence-electron chi connectivity index (χ4n) is 18.4. The zero-order valence-corrected chi connectivity index (χ0v) is 59.3. The monoisotopic (exact) mass is 1300 g/mol. The van der Waals surface area contributed by atoms with Crippen LogP contribution in [-0.2, 0) is 11.3 Å². The Hall–Kier alpha value is -6.36. The van der Waals surface area contributed by atoms with Crippen molar-refractivity contribution in [1.82, 2.24) is 0 Å². The highest BCUT2D eigenvalue weighted by Gasteiger charge is 2.34. The predicted octanol–water partition coefficient (Wildman–Crippen LogP) is 23.6. The van der Waals surface area contributed by atoms with Gasteiger partial charge in [-0.05, 0) is 293 Å². The molecule has 12 rings (SSSR count). The number of aryl methyl sites for hydroxylation is 1. The second kappa shape index (κ2) is 37.0. The smallest absolute Gasteiger partial charge is 0.150 e. The van der Waals surface area contributed by atoms with Crippen LogP contribution in [0.1, 0.15) is 278 Å². The maximum atomic E-state index is 9.57. The maximum Gasteiger partial charge on any atom is 0.150 e. The van der Waals surface area contributed by atoms with Crippen LogP contribution in [0.2, 0.25) is 0 Å². The first-order chi connectivity index (χ1) is 46.7. The third-order valence-electron chi connectivity index (χ3n) is 24.5. The van der Waals surface area contributed by atoms with Gasteiger partial charge in [-0.3, -0.25) is 5.26 Å². The van der Waals surface area contributed by atoms with Gasteiger partial charge in [-0.2, -0.15) is 0 Å². The standard InChI is InChI=1S/C31H46N2O.C30H44N2O2.C25H34N2O/c1-2-3-4-5-23-8-14-26(15-9-23)27-16-10-24(11-17-27)6-7-25-12-19-29(20-13-25)34-31-21-18-28(32)22-30(31)33;1-2-3-4-5-21-6-8-22(9-7-21)23-10-12-24(13-11-23)25-14-16-26(17-15-25)30(34-33)27-18-28(31)20-29(32)19-27;1-17-2-4-18(5-3-17)19-6-8-20(9-7-19)21-10-13-23(14-11-21)28-25-15-12-22(26)16-24(25)27/h12-13,18-24,26-27H,2-11,14-17,32-33H2,1H3;14-24,30,33H,2-13,31-32H2,1H3;10-20H,2-9,26-27H2,1H3. The van der Waals surface area contributed by atoms with Crippen LogP contribution in [0.15, 0.2) is 127 Å². The zero-order chi connectivity index (χ0) is 67.2. The van der Waals surface area contributed by atoms with Gasteiger partial charge in [0.25, 0.3) is 0 Å². The summed E-state index contributed by atoms with van der Waals surface area (Å²) in [6.45, 7) is 7.04. The molecule has 6 aromatic carbocycles. The number of ether oxygens (including phenoxy) is 2. The number of benzene rings is 6. The molecule has 0 heterocycles. The molecule has 10 heteroatoms. The lowest BCUT2D eigenvalue weighted by Gasteiger charge is -2.38. The molecule has 522 valence electrons. The van der Waals surface area contributed by atoms with Crippen molar-refractivity contribution >= 4 is 34.1 Å². The fraction of sp³-hybridized carbons (Fsp3) is 0.581. The lowest BCUT2D eigenvalue weighted by molar-refractivity contribution is -0.270. The minimum atomic E-state index is -0.590. The number of nitrogens with two attached hydrogens (primary N) is 6. The molecule has 0 spiro atoms. The minimum Gasteiger partial charge on any atom is -0.455 e. The van der Waals surface area contributed by atoms with Gasteiger partial charge < -0.3 is 43.9 Å². The second-order valence-electron chi connectivity index (χ2n) is 31.2. The van der Waals surface area contributed by atoms with E-state index < -0.39 is 6.10 Å². The van der Waals surface area contributed by atoms with Crippen LogP contribution < -0.4 is 43.9 Å². The Morgan fingerprint density at radius 2 is 0.729 bits per heavy atom. The highest BCUT2D eigenvalue weighted by molar-refractivity contribution is 5.62. The first kappa shape index (κ1) is 72.4. The molecule has 6 aliphatic carbocycles. The van der Waals surface area contributed by atoms with E-state index >= 15 is 0 Å². The Morgan fingerprint density at radius 1 is 0.365 bits per heavy atom. The third kappa shape index (κ3) is 21.6. The van der Waals surface area contributed by atoms with Gasteiger partial charge in [0.15, 0.2) is 0 Å². The Bertz CT molecular complexity index is 3170. The molecule has 6 saturated carbocycles. The summed E-state index contributed by atoms with van der Waals surface area (Å²) in [5.74, 6) is 14.2. The maximum absolute atomic E-state index is 9.57. The van der Waals surface area contributed by atoms with Gasteiger partial charge in [0, 0.05) is 22.7 Å². The van der Waals surface area contributed by atoms with Crippen molar-refractivity contribution in [2.24, 2.45) is 59.2 Å². The summed E-state index contributed by atoms with van der Waals surface area (Å²) in [4.78, 5) is 4.82. The molecular weight excluding hydrogens is 1180 g/mol. The van der Waals surface area contributed by atoms with Gasteiger partial charge in [-0.1, -0.05) is 172 Å². The van der Waals surface area contributed by atoms with Crippen LogP contribution in [0.5, 0.6) is 23.0 Å². The van der Waals surface area contributed by atoms with Crippen LogP contribution in [0.25, 0.3) is 0 Å². The van der Waals surface area contributed by atoms with E-state index in [9.17, 15) is 5.26 Å². The Kier molecular flexibility index (Phi) is 27.9. The summed E-state index contributed by atoms with van der Waals surface area (Å²) in [5, 5.41) is 9.57. The Balaban J connectivity index is 0.000000157. The summed E-state index contributed by atoms with van der Waals surface area (Å²) in [7, 11) is 0. The van der Waals surface area contributed by atoms with Crippen LogP contribution in [-0.4, -0.2) is 5.26 Å². The van der Waals surface area contributed by atoms with E-state index in [4.69, 9.17) is 48.8 Å². The van der Waals surface area contributed by atoms with Gasteiger partial charge >= 0.3 is 0 Å². The van der Waals surface area contributed by atoms with E-state index in [-0.39, 0.29) is 0 Å². The van der Waals surface area contributed by atoms with E-state index in [1.165, 1.54) is 235 Å². The summed E-state index contributed by atoms with van der Waals surface area (Å²) >= 11 is 0. The van der Waals surface area contributed by atoms with Gasteiger partial charge in [-0.25, -0.2) is 4.89 Å². The molecule has 1 atom stereocenters. The second-order valence-corrected chi connectivity index (χ2v) is 31.2. The van der Waals surface area contributed by atoms with Crippen molar-refractivity contribution in [3.63, 3.8) is 0 Å². The lowest BCUT2D eigenvalue weighted by atomic mass is 9.68. The zero-order valence-electron chi connectivity index (χ0n) is 59.3. The molecule has 0 radical (unpaired) electrons. The topological polar surface area (TPSA) is 204 Å². The number of nitrogen functional groups attached to an aromatic ring is 6. The number of hydrogen-bond acceptors (Lipinski definition) is 10. The van der Waals surface area contributed by atoms with Crippen molar-refractivity contribution in [3.05, 3.63) is 155 Å². The predicted molar refractivity (Wildman–Crippen MR) is 404 cm³/mol. The van der Waals surface area contributed by atoms with Gasteiger partial charge in [0.2, 0.25) is 0 Å². The average Bonchev–Trinajstić information content (AvgIpc) is 1.03. The molecular formula is C86H124N6O4. The van der Waals surface area contributed by atoms with E-state index in [1.807, 2.05) is 24.3 Å². The van der Waals surface area contributed by atoms with Crippen molar-refractivity contribution < 1.29 is 19.6 Å². The summed E-state index contributed by atoms with van der Waals surface area (Å²) in [6, 6.07) is 41.7. The van der Waals surface area contributed by atoms with Crippen molar-refractivity contribution in [2.45, 2.75) is 257 Å². The van der Waals surface area contributed by atoms with E-state index in [0.29, 0.717) is 57.5 Å². The van der Waals surface area contributed by atoms with Gasteiger partial charge in [0.1, 0.15) is 29.1 Å². The normalized spacial score (nSPS) is 26.4. The lowest BCUT2D eigenvalue weighted by Crippen LogP contribution is -2.26. The highest BCUT2D eigenvalue weighted by Crippen LogP contribution is 2.48. The SMILES string of the molecule is CC1CCC(C2CCC(c3ccc(Oc4ccc(N)cc4N)cc3)CC2)CC1.CCCCCC1CCC(C2CCC(CCc3ccc(Oc4ccc(N)cc4N)cc3)CC2)CC1.CCCCCC1CCC(C2CCC(c3ccc(C(OO)c4cc(N)cc(N)c4)cc3)CC2)CC1. The van der Waals surface area contributed by atoms with E-state index in [2.05, 4.69) is 93.6 Å². The van der Waals surface area contributed by atoms with Crippen LogP contribution in [0.4, 0.5) is 34.1 Å². The van der Waals surface area contributed by atoms with Gasteiger partial charge in [-0.15, -0.1) is 0 Å². The highest BCUT2D eigenvalue weighted by atomic mass is 17.1. The average molecular weight is 1310 g/mol. The molecule has 6 aliphatic rings. The first-order valence-electron chi connectivity index (χ1n) is 38.7. The van der Waals surface area contributed by atoms with E-state index in [1.54, 1.807) is 30.3 Å². The van der Waals surface area contributed by atoms with Crippen molar-refractivity contribution in [2.75, 3.05) is 34.4 Å². The molecule has 0 amide bonds. The third-order valence-corrected chi connectivity index (χ3v) is 24.5. The van der Waals surface area contributed by atoms with Crippen LogP contribution >= 0.6 is 0 Å². The molecule has 6 fully saturated rings. The quantitative estimate of drug-likeness (QED) is 0.0140. The molecule has 0 saturated heterocycles. The Morgan fingerprint density at radius 3 is 1.11 bits per heavy atom. The number of unbranched alkanes of at least 4 members (excludes halogenated alkanes) is 4. The van der Waals surface area contributed by atoms with Crippen LogP contribution in [0.3, 0.4) is 0 Å². The first-order valence-corrected chi connectivity index (χ1v) is 38.7. The number of hydrogen-bond donors (Lipinski definition) is 7.